The highest BCUT2D eigenvalue weighted by atomic mass is 16.2. The Kier molecular flexibility index (Phi) is 4.26. The van der Waals surface area contributed by atoms with E-state index in [4.69, 9.17) is 0 Å². The number of hydrogen-bond acceptors (Lipinski definition) is 5. The number of carbonyl (C=O) groups excluding carboxylic acids is 3. The first kappa shape index (κ1) is 19.2. The minimum Gasteiger partial charge on any atom is -0.325 e. The summed E-state index contributed by atoms with van der Waals surface area (Å²) in [6.07, 6.45) is 0.951. The molecule has 2 aliphatic carbocycles. The summed E-state index contributed by atoms with van der Waals surface area (Å²) in [6.45, 7) is 5.52. The fraction of sp³-hybridized carbons (Fsp3) is 0.348. The van der Waals surface area contributed by atoms with E-state index in [0.29, 0.717) is 24.2 Å². The van der Waals surface area contributed by atoms with E-state index < -0.39 is 33.7 Å². The summed E-state index contributed by atoms with van der Waals surface area (Å²) in [5, 5.41) is 11.2. The highest BCUT2D eigenvalue weighted by Crippen LogP contribution is 2.69. The second-order valence-electron chi connectivity index (χ2n) is 8.56. The molecule has 0 aromatic heterocycles. The standard InChI is InChI=1S/C23H23N3O3/c1-21(2)22(3)13-14-23(21,19(28)18(22)27)20(29)24-15-9-11-17(12-10-15)26-25-16-7-5-4-6-8-16/h4-12H,13-14H2,1-3H3,(H,24,29)/t22-,23+/m1/s1. The molecule has 2 aromatic carbocycles. The summed E-state index contributed by atoms with van der Waals surface area (Å²) in [5.74, 6) is -1.37. The van der Waals surface area contributed by atoms with Gasteiger partial charge in [0.2, 0.25) is 17.5 Å². The van der Waals surface area contributed by atoms with Crippen LogP contribution in [0.15, 0.2) is 64.8 Å². The van der Waals surface area contributed by atoms with Crippen molar-refractivity contribution in [1.29, 1.82) is 0 Å². The molecule has 2 saturated carbocycles. The van der Waals surface area contributed by atoms with Crippen molar-refractivity contribution in [3.05, 3.63) is 54.6 Å². The summed E-state index contributed by atoms with van der Waals surface area (Å²) in [5.41, 5.74) is -0.846. The lowest BCUT2D eigenvalue weighted by Gasteiger charge is -2.37. The Balaban J connectivity index is 1.53. The maximum atomic E-state index is 13.2. The number of hydrogen-bond donors (Lipinski definition) is 1. The van der Waals surface area contributed by atoms with E-state index in [1.807, 2.05) is 51.1 Å². The van der Waals surface area contributed by atoms with Crippen molar-refractivity contribution in [2.24, 2.45) is 26.5 Å². The van der Waals surface area contributed by atoms with E-state index in [9.17, 15) is 14.4 Å². The maximum Gasteiger partial charge on any atom is 0.239 e. The van der Waals surface area contributed by atoms with Gasteiger partial charge in [0.15, 0.2) is 0 Å². The van der Waals surface area contributed by atoms with Gasteiger partial charge in [-0.2, -0.15) is 10.2 Å². The van der Waals surface area contributed by atoms with Crippen molar-refractivity contribution in [3.8, 4) is 0 Å². The predicted octanol–water partition coefficient (Wildman–Crippen LogP) is 5.01. The van der Waals surface area contributed by atoms with E-state index in [1.165, 1.54) is 0 Å². The molecule has 0 saturated heterocycles. The van der Waals surface area contributed by atoms with Gasteiger partial charge in [-0.15, -0.1) is 0 Å². The molecular weight excluding hydrogens is 366 g/mol. The highest BCUT2D eigenvalue weighted by molar-refractivity contribution is 6.49. The third kappa shape index (κ3) is 2.58. The van der Waals surface area contributed by atoms with Crippen molar-refractivity contribution >= 4 is 34.5 Å². The van der Waals surface area contributed by atoms with Gasteiger partial charge in [0.1, 0.15) is 5.41 Å². The molecule has 1 N–H and O–H groups in total. The molecule has 2 aromatic rings. The smallest absolute Gasteiger partial charge is 0.239 e. The van der Waals surface area contributed by atoms with Crippen molar-refractivity contribution in [2.45, 2.75) is 33.6 Å². The van der Waals surface area contributed by atoms with Gasteiger partial charge < -0.3 is 5.32 Å². The summed E-state index contributed by atoms with van der Waals surface area (Å²) in [7, 11) is 0. The van der Waals surface area contributed by atoms with Crippen molar-refractivity contribution < 1.29 is 14.4 Å². The van der Waals surface area contributed by atoms with Crippen molar-refractivity contribution in [3.63, 3.8) is 0 Å². The second-order valence-corrected chi connectivity index (χ2v) is 8.56. The van der Waals surface area contributed by atoms with E-state index >= 15 is 0 Å². The van der Waals surface area contributed by atoms with E-state index in [2.05, 4.69) is 15.5 Å². The largest absolute Gasteiger partial charge is 0.325 e. The molecule has 0 unspecified atom stereocenters. The topological polar surface area (TPSA) is 88.0 Å². The van der Waals surface area contributed by atoms with Gasteiger partial charge in [-0.3, -0.25) is 14.4 Å². The van der Waals surface area contributed by atoms with Crippen LogP contribution in [0.1, 0.15) is 33.6 Å². The van der Waals surface area contributed by atoms with Crippen LogP contribution in [0.3, 0.4) is 0 Å². The number of carbonyl (C=O) groups is 3. The molecule has 4 rings (SSSR count). The minimum atomic E-state index is -1.30. The van der Waals surface area contributed by atoms with Crippen molar-refractivity contribution in [2.75, 3.05) is 5.32 Å². The molecule has 148 valence electrons. The first-order valence-corrected chi connectivity index (χ1v) is 9.70. The third-order valence-corrected chi connectivity index (χ3v) is 7.09. The Morgan fingerprint density at radius 3 is 1.97 bits per heavy atom. The Morgan fingerprint density at radius 2 is 1.41 bits per heavy atom. The summed E-state index contributed by atoms with van der Waals surface area (Å²) in [4.78, 5) is 38.5. The number of azo groups is 1. The van der Waals surface area contributed by atoms with Gasteiger partial charge in [-0.25, -0.2) is 0 Å². The molecule has 6 nitrogen and oxygen atoms in total. The van der Waals surface area contributed by atoms with Gasteiger partial charge in [-0.1, -0.05) is 39.0 Å². The molecule has 0 heterocycles. The van der Waals surface area contributed by atoms with E-state index in [-0.39, 0.29) is 0 Å². The van der Waals surface area contributed by atoms with Crippen LogP contribution >= 0.6 is 0 Å². The van der Waals surface area contributed by atoms with Gasteiger partial charge >= 0.3 is 0 Å². The Bertz CT molecular complexity index is 1030. The van der Waals surface area contributed by atoms with Gasteiger partial charge in [0.25, 0.3) is 0 Å². The van der Waals surface area contributed by atoms with E-state index in [0.717, 1.165) is 5.69 Å². The molecule has 2 atom stereocenters. The zero-order valence-electron chi connectivity index (χ0n) is 16.7. The molecule has 6 heteroatoms. The first-order chi connectivity index (χ1) is 13.7. The van der Waals surface area contributed by atoms with Crippen LogP contribution in [0, 0.1) is 16.2 Å². The normalized spacial score (nSPS) is 27.6. The molecule has 0 aliphatic heterocycles. The lowest BCUT2D eigenvalue weighted by atomic mass is 9.64. The molecule has 2 bridgehead atoms. The zero-order chi connectivity index (χ0) is 20.9. The van der Waals surface area contributed by atoms with Gasteiger partial charge in [-0.05, 0) is 54.7 Å². The van der Waals surface area contributed by atoms with Crippen LogP contribution in [-0.4, -0.2) is 17.5 Å². The summed E-state index contributed by atoms with van der Waals surface area (Å²) in [6, 6.07) is 16.3. The van der Waals surface area contributed by atoms with Crippen LogP contribution in [0.5, 0.6) is 0 Å². The number of rotatable bonds is 4. The van der Waals surface area contributed by atoms with Crippen molar-refractivity contribution in [1.82, 2.24) is 0 Å². The summed E-state index contributed by atoms with van der Waals surface area (Å²) >= 11 is 0. The fourth-order valence-corrected chi connectivity index (χ4v) is 4.73. The minimum absolute atomic E-state index is 0.399. The quantitative estimate of drug-likeness (QED) is 0.453. The number of nitrogens with one attached hydrogen (secondary N) is 1. The second kappa shape index (κ2) is 6.44. The van der Waals surface area contributed by atoms with Crippen LogP contribution < -0.4 is 5.32 Å². The van der Waals surface area contributed by atoms with Crippen LogP contribution in [0.4, 0.5) is 17.1 Å². The monoisotopic (exact) mass is 389 g/mol. The lowest BCUT2D eigenvalue weighted by Crippen LogP contribution is -2.47. The average molecular weight is 389 g/mol. The number of amides is 1. The Hall–Kier alpha value is -3.15. The molecule has 2 aliphatic rings. The van der Waals surface area contributed by atoms with Crippen LogP contribution in [0.25, 0.3) is 0 Å². The molecule has 29 heavy (non-hydrogen) atoms. The van der Waals surface area contributed by atoms with Gasteiger partial charge in [0, 0.05) is 11.1 Å². The number of fused-ring (bicyclic) bond motifs is 2. The van der Waals surface area contributed by atoms with Gasteiger partial charge in [0.05, 0.1) is 11.4 Å². The maximum absolute atomic E-state index is 13.2. The number of Topliss-reactive ketones (excluding diaryl/α,β-unsaturated/α-hetero) is 2. The number of anilines is 1. The molecule has 0 radical (unpaired) electrons. The highest BCUT2D eigenvalue weighted by Gasteiger charge is 2.77. The number of nitrogens with zero attached hydrogens (tertiary/aromatic N) is 2. The molecule has 1 amide bonds. The Labute approximate surface area is 169 Å². The number of ketones is 2. The SMILES string of the molecule is CC1(C)[C@@]2(C(=O)Nc3ccc(N=Nc4ccccc4)cc3)CC[C@]1(C)C(=O)C2=O. The van der Waals surface area contributed by atoms with E-state index in [1.54, 1.807) is 24.3 Å². The third-order valence-electron chi connectivity index (χ3n) is 7.09. The average Bonchev–Trinajstić information content (AvgIpc) is 2.99. The number of benzene rings is 2. The zero-order valence-corrected chi connectivity index (χ0v) is 16.7. The first-order valence-electron chi connectivity index (χ1n) is 9.70. The molecule has 2 fully saturated rings. The summed E-state index contributed by atoms with van der Waals surface area (Å²) < 4.78 is 0. The lowest BCUT2D eigenvalue weighted by molar-refractivity contribution is -0.147. The fourth-order valence-electron chi connectivity index (χ4n) is 4.73. The predicted molar refractivity (Wildman–Crippen MR) is 109 cm³/mol. The molecule has 0 spiro atoms. The van der Waals surface area contributed by atoms with Crippen LogP contribution in [-0.2, 0) is 14.4 Å². The Morgan fingerprint density at radius 1 is 0.828 bits per heavy atom. The van der Waals surface area contributed by atoms with Crippen LogP contribution in [0.2, 0.25) is 0 Å². The molecular formula is C23H23N3O3.